The zero-order chi connectivity index (χ0) is 49.3. The van der Waals surface area contributed by atoms with Gasteiger partial charge in [0, 0.05) is 0 Å². The highest BCUT2D eigenvalue weighted by Gasteiger charge is 2.55. The minimum absolute atomic E-state index is 0.534. The molecule has 5 aromatic rings. The Labute approximate surface area is 370 Å². The maximum Gasteiger partial charge on any atom is 0.340 e. The summed E-state index contributed by atoms with van der Waals surface area (Å²) in [6.45, 7) is -1.25. The number of ether oxygens (including phenoxy) is 6. The predicted octanol–water partition coefficient (Wildman–Crippen LogP) is 1.69. The van der Waals surface area contributed by atoms with Gasteiger partial charge in [-0.2, -0.15) is 0 Å². The minimum Gasteiger partial charge on any atom is -0.504 e. The Morgan fingerprint density at radius 2 is 0.582 bits per heavy atom. The normalized spacial score (nSPS) is 17.7. The molecule has 67 heavy (non-hydrogen) atoms. The molecular weight excluding hydrogens is 908 g/mol. The second-order valence-electron chi connectivity index (χ2n) is 14.0. The Morgan fingerprint density at radius 1 is 0.343 bits per heavy atom. The molecule has 0 aliphatic carbocycles. The van der Waals surface area contributed by atoms with Crippen molar-refractivity contribution in [2.45, 2.75) is 30.7 Å². The van der Waals surface area contributed by atoms with Crippen molar-refractivity contribution in [3.05, 3.63) is 88.5 Å². The molecular formula is C41H32O26. The van der Waals surface area contributed by atoms with Crippen LogP contribution in [0.5, 0.6) is 86.2 Å². The number of rotatable bonds is 11. The molecule has 15 N–H and O–H groups in total. The monoisotopic (exact) mass is 940 g/mol. The molecule has 5 atom stereocenters. The number of benzene rings is 5. The molecule has 0 aromatic heterocycles. The van der Waals surface area contributed by atoms with Crippen molar-refractivity contribution in [1.29, 1.82) is 0 Å². The van der Waals surface area contributed by atoms with Crippen LogP contribution in [0.2, 0.25) is 0 Å². The maximum atomic E-state index is 13.9. The molecule has 0 spiro atoms. The lowest BCUT2D eigenvalue weighted by Crippen LogP contribution is -2.63. The third-order valence-corrected chi connectivity index (χ3v) is 9.45. The van der Waals surface area contributed by atoms with E-state index in [2.05, 4.69) is 0 Å². The molecule has 1 heterocycles. The summed E-state index contributed by atoms with van der Waals surface area (Å²) in [6, 6.07) is 5.60. The first-order valence-corrected chi connectivity index (χ1v) is 18.4. The topological polar surface area (TPSA) is 444 Å². The van der Waals surface area contributed by atoms with Crippen LogP contribution in [-0.2, 0) is 28.4 Å². The van der Waals surface area contributed by atoms with Gasteiger partial charge >= 0.3 is 29.8 Å². The lowest BCUT2D eigenvalue weighted by atomic mass is 9.97. The zero-order valence-corrected chi connectivity index (χ0v) is 33.1. The minimum atomic E-state index is -2.56. The number of esters is 5. The average Bonchev–Trinajstić information content (AvgIpc) is 3.27. The van der Waals surface area contributed by atoms with Gasteiger partial charge in [-0.25, -0.2) is 24.0 Å². The van der Waals surface area contributed by atoms with Crippen molar-refractivity contribution in [2.24, 2.45) is 0 Å². The first-order chi connectivity index (χ1) is 31.4. The fourth-order valence-electron chi connectivity index (χ4n) is 6.11. The smallest absolute Gasteiger partial charge is 0.340 e. The fraction of sp³-hybridized carbons (Fsp3) is 0.146. The van der Waals surface area contributed by atoms with Gasteiger partial charge in [-0.15, -0.1) is 0 Å². The quantitative estimate of drug-likeness (QED) is 0.0509. The van der Waals surface area contributed by atoms with E-state index in [1.807, 2.05) is 0 Å². The van der Waals surface area contributed by atoms with Gasteiger partial charge in [0.1, 0.15) is 12.7 Å². The van der Waals surface area contributed by atoms with Crippen molar-refractivity contribution in [2.75, 3.05) is 6.61 Å². The Kier molecular flexibility index (Phi) is 12.8. The largest absolute Gasteiger partial charge is 0.504 e. The second-order valence-corrected chi connectivity index (χ2v) is 14.0. The maximum absolute atomic E-state index is 13.9. The van der Waals surface area contributed by atoms with Crippen LogP contribution < -0.4 is 0 Å². The first-order valence-electron chi connectivity index (χ1n) is 18.4. The van der Waals surface area contributed by atoms with E-state index >= 15 is 0 Å². The van der Waals surface area contributed by atoms with E-state index < -0.39 is 181 Å². The van der Waals surface area contributed by atoms with Gasteiger partial charge < -0.3 is 105 Å². The summed E-state index contributed by atoms with van der Waals surface area (Å²) >= 11 is 0. The molecule has 26 heteroatoms. The molecule has 1 aliphatic rings. The standard InChI is InChI=1S/C41H32O26/c42-17-1-12(2-18(43)28(17)52)36(57)62-11-27-33(64-37(58)13-3-19(44)29(53)20(45)4-13)34(65-38(59)14-5-21(46)30(54)22(47)6-14)35(66-39(60)15-7-23(48)31(55)24(49)8-15)41(63-27)67-40(61)16-9-25(50)32(56)26(51)10-16/h1-10,27,33-35,41-56H,11H2/t27-,33-,34-,35-,41-/m1/s1. The van der Waals surface area contributed by atoms with Crippen LogP contribution in [0, 0.1) is 0 Å². The third kappa shape index (κ3) is 9.67. The van der Waals surface area contributed by atoms with Crippen LogP contribution in [0.4, 0.5) is 0 Å². The SMILES string of the molecule is O=C(OC[C@H]1O[C@H](OC(=O)c2cc(O)c(O)c(O)c2)[C@H](OC(=O)c2cc(O)c(O)c(O)c2)[C@H](OC(=O)c2cc(O)c(O)c(O)c2)[C@@H]1OC(=O)c1cc(O)c(O)c(O)c1)c1cc(O)c(O)c(O)c1. The highest BCUT2D eigenvalue weighted by Crippen LogP contribution is 2.41. The molecule has 0 radical (unpaired) electrons. The van der Waals surface area contributed by atoms with Crippen LogP contribution >= 0.6 is 0 Å². The summed E-state index contributed by atoms with van der Waals surface area (Å²) in [5, 5.41) is 150. The van der Waals surface area contributed by atoms with Crippen molar-refractivity contribution in [3.63, 3.8) is 0 Å². The molecule has 1 saturated heterocycles. The number of hydrogen-bond donors (Lipinski definition) is 15. The Balaban J connectivity index is 1.52. The molecule has 0 bridgehead atoms. The lowest BCUT2D eigenvalue weighted by molar-refractivity contribution is -0.282. The second kappa shape index (κ2) is 18.3. The van der Waals surface area contributed by atoms with Gasteiger partial charge in [0.25, 0.3) is 0 Å². The van der Waals surface area contributed by atoms with Crippen LogP contribution in [0.15, 0.2) is 60.7 Å². The highest BCUT2D eigenvalue weighted by atomic mass is 16.7. The van der Waals surface area contributed by atoms with Gasteiger partial charge in [-0.3, -0.25) is 0 Å². The number of carbonyl (C=O) groups excluding carboxylic acids is 5. The van der Waals surface area contributed by atoms with E-state index in [1.54, 1.807) is 0 Å². The van der Waals surface area contributed by atoms with Gasteiger partial charge in [0.2, 0.25) is 12.4 Å². The van der Waals surface area contributed by atoms with Crippen LogP contribution in [0.3, 0.4) is 0 Å². The van der Waals surface area contributed by atoms with E-state index in [-0.39, 0.29) is 0 Å². The van der Waals surface area contributed by atoms with Gasteiger partial charge in [0.05, 0.1) is 27.8 Å². The van der Waals surface area contributed by atoms with E-state index in [4.69, 9.17) is 28.4 Å². The summed E-state index contributed by atoms with van der Waals surface area (Å²) in [5.74, 6) is -24.5. The van der Waals surface area contributed by atoms with E-state index in [9.17, 15) is 101 Å². The van der Waals surface area contributed by atoms with Crippen molar-refractivity contribution < 1.29 is 129 Å². The van der Waals surface area contributed by atoms with Crippen molar-refractivity contribution in [1.82, 2.24) is 0 Å². The highest BCUT2D eigenvalue weighted by molar-refractivity contribution is 5.94. The van der Waals surface area contributed by atoms with Gasteiger partial charge in [-0.1, -0.05) is 0 Å². The first kappa shape index (κ1) is 46.9. The van der Waals surface area contributed by atoms with Crippen LogP contribution in [0.25, 0.3) is 0 Å². The number of carbonyl (C=O) groups is 5. The molecule has 0 amide bonds. The summed E-state index contributed by atoms with van der Waals surface area (Å²) in [4.78, 5) is 68.5. The summed E-state index contributed by atoms with van der Waals surface area (Å²) < 4.78 is 33.2. The summed E-state index contributed by atoms with van der Waals surface area (Å²) in [7, 11) is 0. The Morgan fingerprint density at radius 3 is 0.881 bits per heavy atom. The molecule has 26 nitrogen and oxygen atoms in total. The molecule has 1 aliphatic heterocycles. The zero-order valence-electron chi connectivity index (χ0n) is 33.1. The number of hydrogen-bond acceptors (Lipinski definition) is 26. The van der Waals surface area contributed by atoms with E-state index in [1.165, 1.54) is 0 Å². The number of phenols is 15. The van der Waals surface area contributed by atoms with E-state index in [0.717, 1.165) is 0 Å². The Bertz CT molecular complexity index is 2720. The molecule has 352 valence electrons. The molecule has 0 unspecified atom stereocenters. The van der Waals surface area contributed by atoms with Crippen LogP contribution in [0.1, 0.15) is 51.8 Å². The van der Waals surface area contributed by atoms with Crippen molar-refractivity contribution in [3.8, 4) is 86.2 Å². The third-order valence-electron chi connectivity index (χ3n) is 9.45. The predicted molar refractivity (Wildman–Crippen MR) is 209 cm³/mol. The lowest BCUT2D eigenvalue weighted by Gasteiger charge is -2.43. The van der Waals surface area contributed by atoms with Crippen LogP contribution in [-0.4, -0.2) is 144 Å². The number of phenolic OH excluding ortho intramolecular Hbond substituents is 15. The molecule has 0 saturated carbocycles. The van der Waals surface area contributed by atoms with Gasteiger partial charge in [0.15, 0.2) is 98.5 Å². The molecule has 5 aromatic carbocycles. The fourth-order valence-corrected chi connectivity index (χ4v) is 6.11. The molecule has 1 fully saturated rings. The van der Waals surface area contributed by atoms with Gasteiger partial charge in [-0.05, 0) is 60.7 Å². The average molecular weight is 941 g/mol. The molecule has 6 rings (SSSR count). The number of aromatic hydroxyl groups is 15. The Hall–Kier alpha value is -9.59. The van der Waals surface area contributed by atoms with E-state index in [0.29, 0.717) is 60.7 Å². The summed E-state index contributed by atoms with van der Waals surface area (Å²) in [6.07, 6.45) is -12.2. The summed E-state index contributed by atoms with van der Waals surface area (Å²) in [5.41, 5.74) is -3.88. The van der Waals surface area contributed by atoms with Crippen molar-refractivity contribution >= 4 is 29.8 Å².